The first-order valence-electron chi connectivity index (χ1n) is 6.75. The van der Waals surface area contributed by atoms with Gasteiger partial charge in [-0.05, 0) is 23.1 Å². The monoisotopic (exact) mass is 257 g/mol. The van der Waals surface area contributed by atoms with Crippen LogP contribution in [0.1, 0.15) is 17.5 Å². The Bertz CT molecular complexity index is 690. The van der Waals surface area contributed by atoms with Gasteiger partial charge in [0.05, 0.1) is 6.07 Å². The average molecular weight is 257 g/mol. The second-order valence-corrected chi connectivity index (χ2v) is 5.04. The highest BCUT2D eigenvalue weighted by atomic mass is 14.4. The molecule has 1 nitrogen and oxygen atoms in total. The van der Waals surface area contributed by atoms with E-state index < -0.39 is 5.41 Å². The summed E-state index contributed by atoms with van der Waals surface area (Å²) in [5, 5.41) is 9.73. The van der Waals surface area contributed by atoms with Crippen molar-refractivity contribution in [3.05, 3.63) is 90.0 Å². The van der Waals surface area contributed by atoms with E-state index in [1.165, 1.54) is 11.1 Å². The van der Waals surface area contributed by atoms with E-state index >= 15 is 0 Å². The summed E-state index contributed by atoms with van der Waals surface area (Å²) in [6.45, 7) is 0. The highest BCUT2D eigenvalue weighted by Gasteiger charge is 2.32. The van der Waals surface area contributed by atoms with Crippen LogP contribution in [0.5, 0.6) is 0 Å². The molecular formula is C19H15N. The smallest absolute Gasteiger partial charge is 0.105 e. The molecule has 0 aliphatic heterocycles. The second-order valence-electron chi connectivity index (χ2n) is 5.04. The van der Waals surface area contributed by atoms with Gasteiger partial charge in [0.1, 0.15) is 5.41 Å². The minimum atomic E-state index is -0.554. The minimum absolute atomic E-state index is 0.554. The number of rotatable bonds is 2. The minimum Gasteiger partial charge on any atom is -0.197 e. The van der Waals surface area contributed by atoms with Crippen LogP contribution in [-0.2, 0) is 5.41 Å². The number of benzene rings is 2. The summed E-state index contributed by atoms with van der Waals surface area (Å²) in [5.74, 6) is 0. The summed E-state index contributed by atoms with van der Waals surface area (Å²) in [6, 6.07) is 22.8. The van der Waals surface area contributed by atoms with Gasteiger partial charge in [0, 0.05) is 0 Å². The van der Waals surface area contributed by atoms with Crippen LogP contribution in [0.15, 0.2) is 78.9 Å². The topological polar surface area (TPSA) is 23.8 Å². The predicted octanol–water partition coefficient (Wildman–Crippen LogP) is 4.49. The Morgan fingerprint density at radius 2 is 1.55 bits per heavy atom. The van der Waals surface area contributed by atoms with Crippen molar-refractivity contribution in [1.29, 1.82) is 5.26 Å². The molecule has 2 aromatic rings. The van der Waals surface area contributed by atoms with Gasteiger partial charge in [0.25, 0.3) is 0 Å². The molecule has 3 rings (SSSR count). The van der Waals surface area contributed by atoms with Crippen molar-refractivity contribution in [2.45, 2.75) is 11.8 Å². The molecule has 0 saturated heterocycles. The molecule has 1 heteroatoms. The van der Waals surface area contributed by atoms with Crippen molar-refractivity contribution >= 4 is 5.57 Å². The third kappa shape index (κ3) is 2.17. The summed E-state index contributed by atoms with van der Waals surface area (Å²) < 4.78 is 0. The lowest BCUT2D eigenvalue weighted by Crippen LogP contribution is -2.23. The van der Waals surface area contributed by atoms with E-state index in [2.05, 4.69) is 24.3 Å². The Morgan fingerprint density at radius 3 is 2.20 bits per heavy atom. The van der Waals surface area contributed by atoms with Crippen LogP contribution in [0.25, 0.3) is 5.57 Å². The molecule has 0 amide bonds. The fourth-order valence-electron chi connectivity index (χ4n) is 2.67. The van der Waals surface area contributed by atoms with Crippen LogP contribution in [0, 0.1) is 11.3 Å². The van der Waals surface area contributed by atoms with Gasteiger partial charge in [-0.3, -0.25) is 0 Å². The molecule has 0 heterocycles. The third-order valence-electron chi connectivity index (χ3n) is 3.78. The Labute approximate surface area is 119 Å². The van der Waals surface area contributed by atoms with Crippen LogP contribution < -0.4 is 0 Å². The molecule has 1 aliphatic rings. The molecule has 0 saturated carbocycles. The third-order valence-corrected chi connectivity index (χ3v) is 3.78. The highest BCUT2D eigenvalue weighted by Crippen LogP contribution is 2.38. The summed E-state index contributed by atoms with van der Waals surface area (Å²) in [6.07, 6.45) is 6.83. The Kier molecular flexibility index (Phi) is 3.23. The summed E-state index contributed by atoms with van der Waals surface area (Å²) in [7, 11) is 0. The van der Waals surface area contributed by atoms with Gasteiger partial charge in [-0.15, -0.1) is 0 Å². The maximum atomic E-state index is 9.73. The molecule has 1 aliphatic carbocycles. The fraction of sp³-hybridized carbons (Fsp3) is 0.105. The van der Waals surface area contributed by atoms with Gasteiger partial charge >= 0.3 is 0 Å². The molecule has 0 spiro atoms. The quantitative estimate of drug-likeness (QED) is 0.777. The Balaban J connectivity index is 2.00. The molecule has 0 bridgehead atoms. The number of allylic oxidation sites excluding steroid dienone is 4. The lowest BCUT2D eigenvalue weighted by molar-refractivity contribution is 0.702. The van der Waals surface area contributed by atoms with Gasteiger partial charge in [-0.1, -0.05) is 78.9 Å². The molecule has 0 N–H and O–H groups in total. The first-order chi connectivity index (χ1) is 9.84. The fourth-order valence-corrected chi connectivity index (χ4v) is 2.67. The van der Waals surface area contributed by atoms with E-state index in [0.717, 1.165) is 5.56 Å². The molecule has 0 radical (unpaired) electrons. The lowest BCUT2D eigenvalue weighted by Gasteiger charge is -2.27. The summed E-state index contributed by atoms with van der Waals surface area (Å²) in [4.78, 5) is 0. The van der Waals surface area contributed by atoms with Gasteiger partial charge in [-0.2, -0.15) is 5.26 Å². The van der Waals surface area contributed by atoms with Crippen LogP contribution in [0.4, 0.5) is 0 Å². The molecule has 0 aromatic heterocycles. The van der Waals surface area contributed by atoms with E-state index in [-0.39, 0.29) is 0 Å². The van der Waals surface area contributed by atoms with E-state index in [0.29, 0.717) is 6.42 Å². The zero-order chi connectivity index (χ0) is 13.8. The number of nitrogens with zero attached hydrogens (tertiary/aromatic N) is 1. The van der Waals surface area contributed by atoms with Crippen LogP contribution in [0.2, 0.25) is 0 Å². The van der Waals surface area contributed by atoms with Crippen molar-refractivity contribution in [1.82, 2.24) is 0 Å². The van der Waals surface area contributed by atoms with Gasteiger partial charge in [0.2, 0.25) is 0 Å². The molecule has 1 atom stereocenters. The molecule has 0 fully saturated rings. The van der Waals surface area contributed by atoms with Crippen molar-refractivity contribution < 1.29 is 0 Å². The zero-order valence-corrected chi connectivity index (χ0v) is 11.2. The number of hydrogen-bond acceptors (Lipinski definition) is 1. The molecule has 20 heavy (non-hydrogen) atoms. The largest absolute Gasteiger partial charge is 0.197 e. The Hall–Kier alpha value is -2.59. The van der Waals surface area contributed by atoms with Crippen molar-refractivity contribution in [3.63, 3.8) is 0 Å². The van der Waals surface area contributed by atoms with Crippen molar-refractivity contribution in [3.8, 4) is 6.07 Å². The summed E-state index contributed by atoms with van der Waals surface area (Å²) in [5.41, 5.74) is 2.90. The normalized spacial score (nSPS) is 21.1. The molecule has 1 unspecified atom stereocenters. The van der Waals surface area contributed by atoms with Gasteiger partial charge in [-0.25, -0.2) is 0 Å². The summed E-state index contributed by atoms with van der Waals surface area (Å²) >= 11 is 0. The number of nitriles is 1. The van der Waals surface area contributed by atoms with Crippen molar-refractivity contribution in [2.24, 2.45) is 0 Å². The van der Waals surface area contributed by atoms with Crippen molar-refractivity contribution in [2.75, 3.05) is 0 Å². The molecular weight excluding hydrogens is 242 g/mol. The van der Waals surface area contributed by atoms with Crippen LogP contribution >= 0.6 is 0 Å². The number of hydrogen-bond donors (Lipinski definition) is 0. The van der Waals surface area contributed by atoms with E-state index in [4.69, 9.17) is 0 Å². The highest BCUT2D eigenvalue weighted by molar-refractivity contribution is 5.71. The maximum absolute atomic E-state index is 9.73. The molecule has 96 valence electrons. The van der Waals surface area contributed by atoms with E-state index in [9.17, 15) is 5.26 Å². The van der Waals surface area contributed by atoms with E-state index in [1.807, 2.05) is 60.7 Å². The maximum Gasteiger partial charge on any atom is 0.105 e. The first kappa shape index (κ1) is 12.4. The molecule has 2 aromatic carbocycles. The van der Waals surface area contributed by atoms with Gasteiger partial charge in [0.15, 0.2) is 0 Å². The SMILES string of the molecule is N#CC1(c2ccccc2)C=CC=C(c2ccccc2)C1. The first-order valence-corrected chi connectivity index (χ1v) is 6.75. The predicted molar refractivity (Wildman–Crippen MR) is 81.9 cm³/mol. The average Bonchev–Trinajstić information content (AvgIpc) is 2.56. The second kappa shape index (κ2) is 5.19. The standard InChI is InChI=1S/C19H15N/c20-15-19(18-11-5-2-6-12-18)13-7-10-17(14-19)16-8-3-1-4-9-16/h1-13H,14H2. The van der Waals surface area contributed by atoms with Crippen LogP contribution in [-0.4, -0.2) is 0 Å². The Morgan fingerprint density at radius 1 is 0.900 bits per heavy atom. The van der Waals surface area contributed by atoms with Crippen LogP contribution in [0.3, 0.4) is 0 Å². The lowest BCUT2D eigenvalue weighted by atomic mass is 9.73. The van der Waals surface area contributed by atoms with E-state index in [1.54, 1.807) is 0 Å². The zero-order valence-electron chi connectivity index (χ0n) is 11.2. The van der Waals surface area contributed by atoms with Gasteiger partial charge < -0.3 is 0 Å².